The largest absolute Gasteiger partial charge is 0.465 e. The van der Waals surface area contributed by atoms with Crippen LogP contribution in [0.2, 0.25) is 0 Å². The van der Waals surface area contributed by atoms with Crippen molar-refractivity contribution in [1.82, 2.24) is 5.32 Å². The van der Waals surface area contributed by atoms with Gasteiger partial charge >= 0.3 is 12.1 Å². The van der Waals surface area contributed by atoms with E-state index in [2.05, 4.69) is 46.2 Å². The molecule has 0 aliphatic heterocycles. The maximum absolute atomic E-state index is 13.9. The van der Waals surface area contributed by atoms with Gasteiger partial charge in [0.2, 0.25) is 0 Å². The minimum Gasteiger partial charge on any atom is -0.465 e. The molecule has 6 heteroatoms. The molecule has 0 spiro atoms. The summed E-state index contributed by atoms with van der Waals surface area (Å²) in [6.07, 6.45) is -0.232. The van der Waals surface area contributed by atoms with Crippen molar-refractivity contribution in [3.63, 3.8) is 0 Å². The number of hydrogen-bond donors (Lipinski definition) is 1. The van der Waals surface area contributed by atoms with Crippen LogP contribution < -0.4 is 5.32 Å². The lowest BCUT2D eigenvalue weighted by atomic mass is 9.98. The van der Waals surface area contributed by atoms with Gasteiger partial charge < -0.3 is 14.8 Å². The first-order valence-electron chi connectivity index (χ1n) is 10.5. The minimum absolute atomic E-state index is 0.00648. The van der Waals surface area contributed by atoms with E-state index in [1.165, 1.54) is 36.4 Å². The highest BCUT2D eigenvalue weighted by Crippen LogP contribution is 2.44. The van der Waals surface area contributed by atoms with Gasteiger partial charge in [0.05, 0.1) is 18.2 Å². The number of esters is 1. The molecule has 1 aliphatic carbocycles. The van der Waals surface area contributed by atoms with Crippen LogP contribution in [0.5, 0.6) is 0 Å². The average molecular weight is 443 g/mol. The lowest BCUT2D eigenvalue weighted by Gasteiger charge is -2.14. The number of carbonyl (C=O) groups excluding carboxylic acids is 2. The van der Waals surface area contributed by atoms with Gasteiger partial charge in [-0.25, -0.2) is 14.0 Å². The van der Waals surface area contributed by atoms with E-state index in [0.717, 1.165) is 11.1 Å². The minimum atomic E-state index is -0.560. The van der Waals surface area contributed by atoms with Crippen molar-refractivity contribution in [2.75, 3.05) is 20.3 Å². The van der Waals surface area contributed by atoms with Crippen molar-refractivity contribution < 1.29 is 23.5 Å². The lowest BCUT2D eigenvalue weighted by molar-refractivity contribution is 0.0600. The fourth-order valence-electron chi connectivity index (χ4n) is 3.90. The molecule has 0 unspecified atom stereocenters. The Morgan fingerprint density at radius 3 is 2.33 bits per heavy atom. The van der Waals surface area contributed by atoms with Crippen LogP contribution in [0.15, 0.2) is 66.7 Å². The summed E-state index contributed by atoms with van der Waals surface area (Å²) in [6.45, 7) is 0.485. The summed E-state index contributed by atoms with van der Waals surface area (Å²) in [4.78, 5) is 23.7. The van der Waals surface area contributed by atoms with Crippen molar-refractivity contribution in [2.24, 2.45) is 0 Å². The molecule has 1 aliphatic rings. The van der Waals surface area contributed by atoms with Crippen LogP contribution in [0.25, 0.3) is 11.1 Å². The van der Waals surface area contributed by atoms with Gasteiger partial charge in [-0.05, 0) is 40.5 Å². The smallest absolute Gasteiger partial charge is 0.407 e. The lowest BCUT2D eigenvalue weighted by Crippen LogP contribution is -2.26. The fourth-order valence-corrected chi connectivity index (χ4v) is 3.90. The molecule has 0 saturated heterocycles. The number of benzene rings is 3. The first kappa shape index (κ1) is 22.1. The molecule has 3 aromatic carbocycles. The third-order valence-electron chi connectivity index (χ3n) is 5.47. The van der Waals surface area contributed by atoms with Gasteiger partial charge in [-0.3, -0.25) is 0 Å². The standard InChI is InChI=1S/C27H22FNO4/c1-32-26(30)19-13-14-25(28)18(16-19)8-6-7-15-29-27(31)33-17-24-22-11-4-2-9-20(22)21-10-3-5-12-23(21)24/h2-5,9-14,16,24H,7,15,17H2,1H3,(H,29,31). The highest BCUT2D eigenvalue weighted by atomic mass is 19.1. The molecule has 166 valence electrons. The molecular weight excluding hydrogens is 421 g/mol. The predicted octanol–water partition coefficient (Wildman–Crippen LogP) is 4.89. The summed E-state index contributed by atoms with van der Waals surface area (Å²) in [5.74, 6) is 4.38. The highest BCUT2D eigenvalue weighted by molar-refractivity contribution is 5.89. The summed E-state index contributed by atoms with van der Waals surface area (Å²) < 4.78 is 24.0. The summed E-state index contributed by atoms with van der Waals surface area (Å²) >= 11 is 0. The van der Waals surface area contributed by atoms with E-state index in [4.69, 9.17) is 4.74 Å². The van der Waals surface area contributed by atoms with Crippen LogP contribution in [0.1, 0.15) is 39.4 Å². The van der Waals surface area contributed by atoms with E-state index in [-0.39, 0.29) is 30.2 Å². The highest BCUT2D eigenvalue weighted by Gasteiger charge is 2.28. The number of hydrogen-bond acceptors (Lipinski definition) is 4. The quantitative estimate of drug-likeness (QED) is 0.346. The summed E-state index contributed by atoms with van der Waals surface area (Å²) in [5, 5.41) is 2.66. The topological polar surface area (TPSA) is 64.6 Å². The van der Waals surface area contributed by atoms with Gasteiger partial charge in [-0.15, -0.1) is 0 Å². The van der Waals surface area contributed by atoms with Crippen LogP contribution in [0.3, 0.4) is 0 Å². The Kier molecular flexibility index (Phi) is 6.70. The van der Waals surface area contributed by atoms with Crippen molar-refractivity contribution in [3.05, 3.63) is 94.8 Å². The van der Waals surface area contributed by atoms with E-state index in [0.29, 0.717) is 6.42 Å². The number of ether oxygens (including phenoxy) is 2. The number of nitrogens with one attached hydrogen (secondary N) is 1. The first-order valence-corrected chi connectivity index (χ1v) is 10.5. The Hall–Kier alpha value is -4.11. The van der Waals surface area contributed by atoms with E-state index < -0.39 is 17.9 Å². The normalized spacial score (nSPS) is 11.6. The Labute approximate surface area is 191 Å². The van der Waals surface area contributed by atoms with Gasteiger partial charge in [-0.2, -0.15) is 0 Å². The zero-order valence-electron chi connectivity index (χ0n) is 18.1. The zero-order valence-corrected chi connectivity index (χ0v) is 18.1. The maximum atomic E-state index is 13.9. The average Bonchev–Trinajstić information content (AvgIpc) is 3.16. The number of methoxy groups -OCH3 is 1. The van der Waals surface area contributed by atoms with E-state index >= 15 is 0 Å². The fraction of sp³-hybridized carbons (Fsp3) is 0.185. The molecule has 0 heterocycles. The Balaban J connectivity index is 1.29. The SMILES string of the molecule is COC(=O)c1ccc(F)c(C#CCCNC(=O)OCC2c3ccccc3-c3ccccc32)c1. The second kappa shape index (κ2) is 10.0. The second-order valence-corrected chi connectivity index (χ2v) is 7.49. The van der Waals surface area contributed by atoms with Crippen LogP contribution >= 0.6 is 0 Å². The summed E-state index contributed by atoms with van der Waals surface area (Å²) in [5.41, 5.74) is 4.95. The molecular formula is C27H22FNO4. The molecule has 33 heavy (non-hydrogen) atoms. The Morgan fingerprint density at radius 2 is 1.67 bits per heavy atom. The second-order valence-electron chi connectivity index (χ2n) is 7.49. The maximum Gasteiger partial charge on any atom is 0.407 e. The Morgan fingerprint density at radius 1 is 1.00 bits per heavy atom. The van der Waals surface area contributed by atoms with Crippen molar-refractivity contribution in [3.8, 4) is 23.0 Å². The van der Waals surface area contributed by atoms with Gasteiger partial charge in [-0.1, -0.05) is 60.4 Å². The van der Waals surface area contributed by atoms with Crippen LogP contribution in [0, 0.1) is 17.7 Å². The van der Waals surface area contributed by atoms with E-state index in [1.54, 1.807) is 0 Å². The summed E-state index contributed by atoms with van der Waals surface area (Å²) in [7, 11) is 1.26. The van der Waals surface area contributed by atoms with E-state index in [1.807, 2.05) is 24.3 Å². The molecule has 0 saturated carbocycles. The van der Waals surface area contributed by atoms with Crippen LogP contribution in [-0.4, -0.2) is 32.3 Å². The third kappa shape index (κ3) is 4.88. The molecule has 3 aromatic rings. The molecule has 1 N–H and O–H groups in total. The van der Waals surface area contributed by atoms with Crippen molar-refractivity contribution in [2.45, 2.75) is 12.3 Å². The number of amides is 1. The molecule has 0 radical (unpaired) electrons. The van der Waals surface area contributed by atoms with Gasteiger partial charge in [0, 0.05) is 18.9 Å². The van der Waals surface area contributed by atoms with Crippen LogP contribution in [-0.2, 0) is 9.47 Å². The molecule has 0 fully saturated rings. The van der Waals surface area contributed by atoms with Crippen molar-refractivity contribution >= 4 is 12.1 Å². The number of rotatable bonds is 5. The number of alkyl carbamates (subject to hydrolysis) is 1. The van der Waals surface area contributed by atoms with Crippen LogP contribution in [0.4, 0.5) is 9.18 Å². The van der Waals surface area contributed by atoms with Gasteiger partial charge in [0.15, 0.2) is 0 Å². The molecule has 0 bridgehead atoms. The zero-order chi connectivity index (χ0) is 23.2. The first-order chi connectivity index (χ1) is 16.1. The number of carbonyl (C=O) groups is 2. The monoisotopic (exact) mass is 443 g/mol. The molecule has 1 amide bonds. The number of halogens is 1. The molecule has 5 nitrogen and oxygen atoms in total. The predicted molar refractivity (Wildman–Crippen MR) is 122 cm³/mol. The molecule has 0 aromatic heterocycles. The Bertz CT molecular complexity index is 1210. The van der Waals surface area contributed by atoms with E-state index in [9.17, 15) is 14.0 Å². The third-order valence-corrected chi connectivity index (χ3v) is 5.47. The number of fused-ring (bicyclic) bond motifs is 3. The molecule has 4 rings (SSSR count). The van der Waals surface area contributed by atoms with Gasteiger partial charge in [0.1, 0.15) is 12.4 Å². The van der Waals surface area contributed by atoms with Gasteiger partial charge in [0.25, 0.3) is 0 Å². The summed E-state index contributed by atoms with van der Waals surface area (Å²) in [6, 6.07) is 20.1. The van der Waals surface area contributed by atoms with Crippen molar-refractivity contribution in [1.29, 1.82) is 0 Å². The molecule has 0 atom stereocenters.